The molecule has 0 aromatic carbocycles. The van der Waals surface area contributed by atoms with Gasteiger partial charge < -0.3 is 4.89 Å². The molecular formula is C13H26O2. The van der Waals surface area contributed by atoms with E-state index in [1.165, 1.54) is 12.8 Å². The van der Waals surface area contributed by atoms with Gasteiger partial charge in [-0.15, -0.1) is 0 Å². The summed E-state index contributed by atoms with van der Waals surface area (Å²) in [4.78, 5) is 10.5. The lowest BCUT2D eigenvalue weighted by Crippen LogP contribution is -2.05. The number of rotatable bonds is 9. The molecule has 90 valence electrons. The molecule has 0 spiro atoms. The smallest absolute Gasteiger partial charge is 0.138 e. The highest BCUT2D eigenvalue weighted by Crippen LogP contribution is 2.11. The standard InChI is InChI=1S/C13H26O2/c1-5-8-10-13(9-6-2)15-14-11-12(4)7-3/h9,12H,5-8,10-11H2,1-4H3/b13-9+. The Morgan fingerprint density at radius 1 is 1.27 bits per heavy atom. The molecule has 0 saturated heterocycles. The summed E-state index contributed by atoms with van der Waals surface area (Å²) in [5.41, 5.74) is 0. The summed E-state index contributed by atoms with van der Waals surface area (Å²) in [6.07, 6.45) is 7.59. The van der Waals surface area contributed by atoms with Gasteiger partial charge in [0.2, 0.25) is 0 Å². The molecule has 0 aromatic rings. The van der Waals surface area contributed by atoms with Gasteiger partial charge in [0.25, 0.3) is 0 Å². The fourth-order valence-corrected chi connectivity index (χ4v) is 1.10. The van der Waals surface area contributed by atoms with E-state index in [0.717, 1.165) is 25.0 Å². The Kier molecular flexibility index (Phi) is 9.70. The Morgan fingerprint density at radius 2 is 2.00 bits per heavy atom. The quantitative estimate of drug-likeness (QED) is 0.320. The van der Waals surface area contributed by atoms with Crippen molar-refractivity contribution in [3.8, 4) is 0 Å². The molecule has 0 aliphatic rings. The largest absolute Gasteiger partial charge is 0.342 e. The van der Waals surface area contributed by atoms with Crippen LogP contribution in [0.25, 0.3) is 0 Å². The molecule has 0 aliphatic heterocycles. The van der Waals surface area contributed by atoms with E-state index in [4.69, 9.17) is 9.78 Å². The molecule has 15 heavy (non-hydrogen) atoms. The lowest BCUT2D eigenvalue weighted by atomic mass is 10.1. The molecule has 2 heteroatoms. The van der Waals surface area contributed by atoms with Crippen LogP contribution in [-0.2, 0) is 9.78 Å². The number of unbranched alkanes of at least 4 members (excludes halogenated alkanes) is 1. The van der Waals surface area contributed by atoms with E-state index in [1.807, 2.05) is 0 Å². The molecule has 1 atom stereocenters. The van der Waals surface area contributed by atoms with Gasteiger partial charge in [-0.25, -0.2) is 0 Å². The number of allylic oxidation sites excluding steroid dienone is 2. The zero-order valence-corrected chi connectivity index (χ0v) is 10.7. The third-order valence-electron chi connectivity index (χ3n) is 2.42. The number of hydrogen-bond donors (Lipinski definition) is 0. The molecule has 0 radical (unpaired) electrons. The van der Waals surface area contributed by atoms with Gasteiger partial charge in [0.05, 0.1) is 6.61 Å². The maximum Gasteiger partial charge on any atom is 0.138 e. The molecule has 1 unspecified atom stereocenters. The van der Waals surface area contributed by atoms with Crippen molar-refractivity contribution in [3.05, 3.63) is 11.8 Å². The monoisotopic (exact) mass is 214 g/mol. The zero-order chi connectivity index (χ0) is 11.5. The second-order valence-electron chi connectivity index (χ2n) is 4.06. The molecule has 0 fully saturated rings. The van der Waals surface area contributed by atoms with E-state index < -0.39 is 0 Å². The van der Waals surface area contributed by atoms with Crippen molar-refractivity contribution in [2.45, 2.75) is 59.8 Å². The van der Waals surface area contributed by atoms with Crippen LogP contribution in [0.4, 0.5) is 0 Å². The number of hydrogen-bond acceptors (Lipinski definition) is 2. The SMILES string of the molecule is CC/C=C(\CCCC)OOCC(C)CC. The van der Waals surface area contributed by atoms with Crippen LogP contribution in [0.1, 0.15) is 59.8 Å². The van der Waals surface area contributed by atoms with Gasteiger partial charge in [0.1, 0.15) is 5.76 Å². The van der Waals surface area contributed by atoms with Crippen molar-refractivity contribution in [2.75, 3.05) is 6.61 Å². The van der Waals surface area contributed by atoms with Crippen LogP contribution in [-0.4, -0.2) is 6.61 Å². The van der Waals surface area contributed by atoms with Crippen molar-refractivity contribution in [2.24, 2.45) is 5.92 Å². The summed E-state index contributed by atoms with van der Waals surface area (Å²) in [5.74, 6) is 1.56. The first-order chi connectivity index (χ1) is 7.24. The van der Waals surface area contributed by atoms with Crippen molar-refractivity contribution in [3.63, 3.8) is 0 Å². The Labute approximate surface area is 94.6 Å². The molecule has 0 N–H and O–H groups in total. The molecule has 0 aliphatic carbocycles. The fraction of sp³-hybridized carbons (Fsp3) is 0.846. The van der Waals surface area contributed by atoms with Crippen LogP contribution >= 0.6 is 0 Å². The van der Waals surface area contributed by atoms with E-state index >= 15 is 0 Å². The second-order valence-corrected chi connectivity index (χ2v) is 4.06. The Hall–Kier alpha value is -0.500. The molecule has 0 rings (SSSR count). The minimum Gasteiger partial charge on any atom is -0.342 e. The predicted molar refractivity (Wildman–Crippen MR) is 64.4 cm³/mol. The van der Waals surface area contributed by atoms with Gasteiger partial charge in [-0.1, -0.05) is 40.5 Å². The van der Waals surface area contributed by atoms with Gasteiger partial charge in [-0.2, -0.15) is 4.89 Å². The highest BCUT2D eigenvalue weighted by Gasteiger charge is 2.02. The summed E-state index contributed by atoms with van der Waals surface area (Å²) < 4.78 is 0. The lowest BCUT2D eigenvalue weighted by Gasteiger charge is -2.11. The van der Waals surface area contributed by atoms with Crippen LogP contribution in [0, 0.1) is 5.92 Å². The molecule has 0 bridgehead atoms. The van der Waals surface area contributed by atoms with Crippen molar-refractivity contribution in [1.29, 1.82) is 0 Å². The Bertz CT molecular complexity index is 164. The van der Waals surface area contributed by atoms with Gasteiger partial charge >= 0.3 is 0 Å². The molecular weight excluding hydrogens is 188 g/mol. The summed E-state index contributed by atoms with van der Waals surface area (Å²) in [7, 11) is 0. The normalized spacial score (nSPS) is 14.0. The van der Waals surface area contributed by atoms with Gasteiger partial charge in [-0.05, 0) is 24.8 Å². The van der Waals surface area contributed by atoms with E-state index in [9.17, 15) is 0 Å². The maximum atomic E-state index is 5.32. The van der Waals surface area contributed by atoms with Gasteiger partial charge in [0.15, 0.2) is 0 Å². The summed E-state index contributed by atoms with van der Waals surface area (Å²) in [6, 6.07) is 0. The van der Waals surface area contributed by atoms with Gasteiger partial charge in [0, 0.05) is 6.42 Å². The maximum absolute atomic E-state index is 5.32. The predicted octanol–water partition coefficient (Wildman–Crippen LogP) is 4.46. The summed E-state index contributed by atoms with van der Waals surface area (Å²) in [6.45, 7) is 9.31. The first-order valence-corrected chi connectivity index (χ1v) is 6.23. The van der Waals surface area contributed by atoms with Crippen LogP contribution in [0.15, 0.2) is 11.8 Å². The highest BCUT2D eigenvalue weighted by atomic mass is 17.2. The van der Waals surface area contributed by atoms with Crippen molar-refractivity contribution in [1.82, 2.24) is 0 Å². The second kappa shape index (κ2) is 10.0. The highest BCUT2D eigenvalue weighted by molar-refractivity contribution is 4.90. The first kappa shape index (κ1) is 14.5. The van der Waals surface area contributed by atoms with E-state index in [1.54, 1.807) is 0 Å². The Morgan fingerprint density at radius 3 is 2.53 bits per heavy atom. The minimum absolute atomic E-state index is 0.569. The minimum atomic E-state index is 0.569. The van der Waals surface area contributed by atoms with E-state index in [0.29, 0.717) is 12.5 Å². The van der Waals surface area contributed by atoms with Crippen LogP contribution in [0.3, 0.4) is 0 Å². The third kappa shape index (κ3) is 8.49. The summed E-state index contributed by atoms with van der Waals surface area (Å²) in [5, 5.41) is 0. The lowest BCUT2D eigenvalue weighted by molar-refractivity contribution is -0.271. The Balaban J connectivity index is 3.71. The van der Waals surface area contributed by atoms with Crippen LogP contribution in [0.2, 0.25) is 0 Å². The van der Waals surface area contributed by atoms with Crippen LogP contribution < -0.4 is 0 Å². The fourth-order valence-electron chi connectivity index (χ4n) is 1.10. The molecule has 0 aromatic heterocycles. The van der Waals surface area contributed by atoms with Crippen molar-refractivity contribution >= 4 is 0 Å². The molecule has 0 heterocycles. The van der Waals surface area contributed by atoms with Crippen molar-refractivity contribution < 1.29 is 9.78 Å². The molecule has 2 nitrogen and oxygen atoms in total. The van der Waals surface area contributed by atoms with Crippen LogP contribution in [0.5, 0.6) is 0 Å². The van der Waals surface area contributed by atoms with E-state index in [2.05, 4.69) is 33.8 Å². The zero-order valence-electron chi connectivity index (χ0n) is 10.7. The molecule has 0 saturated carbocycles. The average Bonchev–Trinajstić information content (AvgIpc) is 2.25. The molecule has 0 amide bonds. The first-order valence-electron chi connectivity index (χ1n) is 6.23. The van der Waals surface area contributed by atoms with Gasteiger partial charge in [-0.3, -0.25) is 0 Å². The summed E-state index contributed by atoms with van der Waals surface area (Å²) >= 11 is 0. The van der Waals surface area contributed by atoms with E-state index in [-0.39, 0.29) is 0 Å². The third-order valence-corrected chi connectivity index (χ3v) is 2.42. The topological polar surface area (TPSA) is 18.5 Å². The average molecular weight is 214 g/mol.